The lowest BCUT2D eigenvalue weighted by molar-refractivity contribution is -0.143. The fourth-order valence-electron chi connectivity index (χ4n) is 2.60. The molecule has 1 fully saturated rings. The van der Waals surface area contributed by atoms with Gasteiger partial charge < -0.3 is 10.4 Å². The Hall–Kier alpha value is -1.36. The molecule has 1 aliphatic carbocycles. The molecule has 104 valence electrons. The van der Waals surface area contributed by atoms with E-state index < -0.39 is 11.5 Å². The van der Waals surface area contributed by atoms with Crippen molar-refractivity contribution in [2.45, 2.75) is 44.6 Å². The molecule has 19 heavy (non-hydrogen) atoms. The first-order valence-corrected chi connectivity index (χ1v) is 6.94. The van der Waals surface area contributed by atoms with Gasteiger partial charge in [0.1, 0.15) is 11.4 Å². The second-order valence-electron chi connectivity index (χ2n) is 5.11. The summed E-state index contributed by atoms with van der Waals surface area (Å²) in [5.74, 6) is 0.270. The molecule has 5 nitrogen and oxygen atoms in total. The van der Waals surface area contributed by atoms with Gasteiger partial charge in [-0.3, -0.25) is 0 Å². The van der Waals surface area contributed by atoms with Crippen molar-refractivity contribution in [3.63, 3.8) is 0 Å². The molecule has 0 aromatic carbocycles. The van der Waals surface area contributed by atoms with Crippen LogP contribution in [0, 0.1) is 5.92 Å². The Morgan fingerprint density at radius 2 is 2.16 bits per heavy atom. The van der Waals surface area contributed by atoms with Crippen molar-refractivity contribution in [3.8, 4) is 0 Å². The van der Waals surface area contributed by atoms with Gasteiger partial charge in [0.05, 0.1) is 0 Å². The highest BCUT2D eigenvalue weighted by Gasteiger charge is 2.42. The van der Waals surface area contributed by atoms with Crippen LogP contribution in [-0.2, 0) is 4.79 Å². The highest BCUT2D eigenvalue weighted by atomic mass is 35.5. The molecule has 0 amide bonds. The zero-order valence-corrected chi connectivity index (χ0v) is 11.7. The largest absolute Gasteiger partial charge is 0.480 e. The van der Waals surface area contributed by atoms with E-state index in [1.165, 1.54) is 0 Å². The summed E-state index contributed by atoms with van der Waals surface area (Å²) in [6.45, 7) is 2.15. The minimum absolute atomic E-state index is 0.296. The lowest BCUT2D eigenvalue weighted by atomic mass is 9.75. The first kappa shape index (κ1) is 14.1. The van der Waals surface area contributed by atoms with Gasteiger partial charge in [-0.1, -0.05) is 24.9 Å². The summed E-state index contributed by atoms with van der Waals surface area (Å²) in [6, 6.07) is 3.26. The van der Waals surface area contributed by atoms with Crippen LogP contribution in [0.5, 0.6) is 0 Å². The number of nitrogens with one attached hydrogen (secondary N) is 1. The van der Waals surface area contributed by atoms with Crippen LogP contribution >= 0.6 is 11.6 Å². The van der Waals surface area contributed by atoms with Crippen molar-refractivity contribution in [2.75, 3.05) is 5.32 Å². The van der Waals surface area contributed by atoms with Crippen molar-refractivity contribution >= 4 is 23.4 Å². The Morgan fingerprint density at radius 3 is 2.63 bits per heavy atom. The second-order valence-corrected chi connectivity index (χ2v) is 5.49. The molecule has 0 atom stereocenters. The molecule has 0 saturated heterocycles. The normalized spacial score (nSPS) is 26.9. The van der Waals surface area contributed by atoms with E-state index in [1.807, 2.05) is 0 Å². The fourth-order valence-corrected chi connectivity index (χ4v) is 2.70. The number of nitrogens with zero attached hydrogens (tertiary/aromatic N) is 2. The summed E-state index contributed by atoms with van der Waals surface area (Å²) in [5, 5.41) is 20.5. The van der Waals surface area contributed by atoms with Crippen molar-refractivity contribution in [2.24, 2.45) is 5.92 Å². The van der Waals surface area contributed by atoms with Gasteiger partial charge in [-0.25, -0.2) is 4.79 Å². The third-order valence-corrected chi connectivity index (χ3v) is 4.15. The number of halogens is 1. The molecule has 1 heterocycles. The Morgan fingerprint density at radius 1 is 1.47 bits per heavy atom. The topological polar surface area (TPSA) is 75.1 Å². The molecule has 1 saturated carbocycles. The van der Waals surface area contributed by atoms with E-state index in [0.29, 0.717) is 29.7 Å². The van der Waals surface area contributed by atoms with Crippen molar-refractivity contribution < 1.29 is 9.90 Å². The number of rotatable bonds is 4. The van der Waals surface area contributed by atoms with E-state index in [2.05, 4.69) is 22.4 Å². The number of hydrogen-bond acceptors (Lipinski definition) is 4. The van der Waals surface area contributed by atoms with Gasteiger partial charge in [-0.15, -0.1) is 10.2 Å². The van der Waals surface area contributed by atoms with Gasteiger partial charge >= 0.3 is 5.97 Å². The van der Waals surface area contributed by atoms with Crippen molar-refractivity contribution in [1.29, 1.82) is 0 Å². The van der Waals surface area contributed by atoms with Crippen LogP contribution < -0.4 is 5.32 Å². The van der Waals surface area contributed by atoms with Crippen molar-refractivity contribution in [3.05, 3.63) is 17.3 Å². The van der Waals surface area contributed by atoms with Crippen LogP contribution in [0.25, 0.3) is 0 Å². The number of aliphatic carboxylic acids is 1. The Balaban J connectivity index is 2.12. The molecule has 1 aromatic heterocycles. The van der Waals surface area contributed by atoms with E-state index in [0.717, 1.165) is 19.3 Å². The molecular weight excluding hydrogens is 266 g/mol. The molecule has 2 N–H and O–H groups in total. The maximum atomic E-state index is 11.6. The number of carboxylic acids is 1. The summed E-state index contributed by atoms with van der Waals surface area (Å²) >= 11 is 5.67. The number of anilines is 1. The van der Waals surface area contributed by atoms with Crippen molar-refractivity contribution in [1.82, 2.24) is 10.2 Å². The highest BCUT2D eigenvalue weighted by molar-refractivity contribution is 6.29. The fraction of sp³-hybridized carbons (Fsp3) is 0.615. The van der Waals surface area contributed by atoms with Gasteiger partial charge in [0.2, 0.25) is 0 Å². The lowest BCUT2D eigenvalue weighted by Crippen LogP contribution is -2.49. The smallest absolute Gasteiger partial charge is 0.329 e. The Labute approximate surface area is 117 Å². The molecule has 0 spiro atoms. The van der Waals surface area contributed by atoms with Gasteiger partial charge in [0.25, 0.3) is 0 Å². The van der Waals surface area contributed by atoms with Gasteiger partial charge in [0, 0.05) is 0 Å². The first-order chi connectivity index (χ1) is 9.05. The highest BCUT2D eigenvalue weighted by Crippen LogP contribution is 2.36. The maximum Gasteiger partial charge on any atom is 0.329 e. The monoisotopic (exact) mass is 283 g/mol. The third kappa shape index (κ3) is 3.15. The SMILES string of the molecule is CCC1CCC(Nc2ccc(Cl)nn2)(C(=O)O)CC1. The molecule has 1 aliphatic rings. The molecule has 0 aliphatic heterocycles. The van der Waals surface area contributed by atoms with Crippen LogP contribution in [0.3, 0.4) is 0 Å². The van der Waals surface area contributed by atoms with Gasteiger partial charge in [-0.2, -0.15) is 0 Å². The zero-order valence-electron chi connectivity index (χ0n) is 10.9. The second kappa shape index (κ2) is 5.74. The molecular formula is C13H18ClN3O2. The van der Waals surface area contributed by atoms with Gasteiger partial charge in [-0.05, 0) is 43.7 Å². The molecule has 1 aromatic rings. The number of hydrogen-bond donors (Lipinski definition) is 2. The average molecular weight is 284 g/mol. The minimum Gasteiger partial charge on any atom is -0.480 e. The van der Waals surface area contributed by atoms with Crippen LogP contribution in [0.15, 0.2) is 12.1 Å². The average Bonchev–Trinajstić information content (AvgIpc) is 2.42. The quantitative estimate of drug-likeness (QED) is 0.888. The predicted molar refractivity (Wildman–Crippen MR) is 73.3 cm³/mol. The first-order valence-electron chi connectivity index (χ1n) is 6.56. The van der Waals surface area contributed by atoms with Gasteiger partial charge in [0.15, 0.2) is 5.15 Å². The molecule has 0 bridgehead atoms. The van der Waals surface area contributed by atoms with Crippen LogP contribution in [0.2, 0.25) is 5.15 Å². The maximum absolute atomic E-state index is 11.6. The summed E-state index contributed by atoms with van der Waals surface area (Å²) in [4.78, 5) is 11.6. The number of carboxylic acid groups (broad SMARTS) is 1. The van der Waals surface area contributed by atoms with Crippen LogP contribution in [-0.4, -0.2) is 26.8 Å². The summed E-state index contributed by atoms with van der Waals surface area (Å²) in [7, 11) is 0. The molecule has 0 unspecified atom stereocenters. The molecule has 2 rings (SSSR count). The zero-order chi connectivity index (χ0) is 13.9. The van der Waals surface area contributed by atoms with Crippen LogP contribution in [0.4, 0.5) is 5.82 Å². The Bertz CT molecular complexity index is 442. The molecule has 6 heteroatoms. The van der Waals surface area contributed by atoms with E-state index in [-0.39, 0.29) is 0 Å². The minimum atomic E-state index is -0.922. The summed E-state index contributed by atoms with van der Waals surface area (Å²) in [6.07, 6.45) is 4.19. The van der Waals surface area contributed by atoms with Crippen LogP contribution in [0.1, 0.15) is 39.0 Å². The standard InChI is InChI=1S/C13H18ClN3O2/c1-2-9-5-7-13(8-6-9,12(18)19)15-11-4-3-10(14)16-17-11/h3-4,9H,2,5-8H2,1H3,(H,15,17)(H,18,19). The number of carbonyl (C=O) groups is 1. The van der Waals surface area contributed by atoms with E-state index >= 15 is 0 Å². The third-order valence-electron chi connectivity index (χ3n) is 3.94. The van der Waals surface area contributed by atoms with E-state index in [1.54, 1.807) is 12.1 Å². The van der Waals surface area contributed by atoms with E-state index in [9.17, 15) is 9.90 Å². The number of aromatic nitrogens is 2. The van der Waals surface area contributed by atoms with E-state index in [4.69, 9.17) is 11.6 Å². The Kier molecular flexibility index (Phi) is 4.24. The predicted octanol–water partition coefficient (Wildman–Crippen LogP) is 2.97. The molecule has 0 radical (unpaired) electrons. The summed E-state index contributed by atoms with van der Waals surface area (Å²) < 4.78 is 0. The summed E-state index contributed by atoms with van der Waals surface area (Å²) in [5.41, 5.74) is -0.922. The lowest BCUT2D eigenvalue weighted by Gasteiger charge is -2.37.